The first kappa shape index (κ1) is 28.1. The number of halogens is 11. The first-order valence-electron chi connectivity index (χ1n) is 8.09. The number of nitrogens with one attached hydrogen (secondary N) is 1. The molecule has 29 heavy (non-hydrogen) atoms. The average molecular weight is 481 g/mol. The fourth-order valence-corrected chi connectivity index (χ4v) is 3.10. The van der Waals surface area contributed by atoms with Crippen LogP contribution in [0.5, 0.6) is 0 Å². The van der Waals surface area contributed by atoms with Gasteiger partial charge in [0.05, 0.1) is 11.1 Å². The molecule has 1 aromatic carbocycles. The molecule has 1 aliphatic rings. The Bertz CT molecular complexity index is 639. The summed E-state index contributed by atoms with van der Waals surface area (Å²) in [4.78, 5) is 1.44. The van der Waals surface area contributed by atoms with Crippen molar-refractivity contribution in [2.75, 3.05) is 26.2 Å². The Morgan fingerprint density at radius 3 is 1.86 bits per heavy atom. The van der Waals surface area contributed by atoms with Gasteiger partial charge in [0.25, 0.3) is 0 Å². The summed E-state index contributed by atoms with van der Waals surface area (Å²) in [6.07, 6.45) is -16.7. The van der Waals surface area contributed by atoms with Crippen LogP contribution in [0.15, 0.2) is 18.2 Å². The molecule has 1 atom stereocenters. The third kappa shape index (κ3) is 8.03. The third-order valence-electron chi connectivity index (χ3n) is 4.34. The van der Waals surface area contributed by atoms with Crippen molar-refractivity contribution in [3.05, 3.63) is 34.9 Å². The summed E-state index contributed by atoms with van der Waals surface area (Å²) in [7, 11) is 0. The number of alkyl halides is 9. The molecule has 2 rings (SSSR count). The molecule has 1 aromatic rings. The molecule has 0 bridgehead atoms. The highest BCUT2D eigenvalue weighted by Crippen LogP contribution is 2.42. The SMILES string of the molecule is Cl.Cl.FC(F)(F)CC[C@@H](c1ccc(C(F)(F)F)cc1C(F)(F)F)N1CCNCC1. The van der Waals surface area contributed by atoms with Crippen molar-refractivity contribution in [3.63, 3.8) is 0 Å². The van der Waals surface area contributed by atoms with Crippen molar-refractivity contribution in [1.82, 2.24) is 10.2 Å². The lowest BCUT2D eigenvalue weighted by Crippen LogP contribution is -2.45. The molecule has 0 radical (unpaired) electrons. The number of hydrogen-bond acceptors (Lipinski definition) is 2. The molecule has 0 aliphatic carbocycles. The highest BCUT2D eigenvalue weighted by molar-refractivity contribution is 5.85. The number of rotatable bonds is 4. The van der Waals surface area contributed by atoms with Crippen molar-refractivity contribution >= 4 is 24.8 Å². The molecular weight excluding hydrogens is 462 g/mol. The molecule has 1 saturated heterocycles. The fraction of sp³-hybridized carbons (Fsp3) is 0.625. The second-order valence-corrected chi connectivity index (χ2v) is 6.25. The van der Waals surface area contributed by atoms with Crippen molar-refractivity contribution in [1.29, 1.82) is 0 Å². The summed E-state index contributed by atoms with van der Waals surface area (Å²) in [5, 5.41) is 2.93. The largest absolute Gasteiger partial charge is 0.416 e. The van der Waals surface area contributed by atoms with Crippen molar-refractivity contribution in [2.24, 2.45) is 0 Å². The molecule has 0 spiro atoms. The zero-order valence-electron chi connectivity index (χ0n) is 14.7. The van der Waals surface area contributed by atoms with E-state index in [9.17, 15) is 39.5 Å². The highest BCUT2D eigenvalue weighted by Gasteiger charge is 2.41. The van der Waals surface area contributed by atoms with Crippen LogP contribution in [0.3, 0.4) is 0 Å². The zero-order valence-corrected chi connectivity index (χ0v) is 16.4. The number of benzene rings is 1. The van der Waals surface area contributed by atoms with Gasteiger partial charge in [0.15, 0.2) is 0 Å². The number of nitrogens with zero attached hydrogens (tertiary/aromatic N) is 1. The second-order valence-electron chi connectivity index (χ2n) is 6.25. The summed E-state index contributed by atoms with van der Waals surface area (Å²) in [6, 6.07) is -0.187. The third-order valence-corrected chi connectivity index (χ3v) is 4.34. The average Bonchev–Trinajstić information content (AvgIpc) is 2.53. The smallest absolute Gasteiger partial charge is 0.314 e. The van der Waals surface area contributed by atoms with Gasteiger partial charge in [-0.3, -0.25) is 4.90 Å². The monoisotopic (exact) mass is 480 g/mol. The van der Waals surface area contributed by atoms with E-state index >= 15 is 0 Å². The lowest BCUT2D eigenvalue weighted by molar-refractivity contribution is -0.144. The van der Waals surface area contributed by atoms with Crippen LogP contribution >= 0.6 is 24.8 Å². The second kappa shape index (κ2) is 10.4. The Hall–Kier alpha value is -0.910. The number of piperazine rings is 1. The Morgan fingerprint density at radius 2 is 1.41 bits per heavy atom. The minimum Gasteiger partial charge on any atom is -0.314 e. The summed E-state index contributed by atoms with van der Waals surface area (Å²) < 4.78 is 117. The maximum Gasteiger partial charge on any atom is 0.416 e. The Balaban J connectivity index is 0.00000392. The lowest BCUT2D eigenvalue weighted by Gasteiger charge is -2.36. The van der Waals surface area contributed by atoms with Crippen LogP contribution in [-0.4, -0.2) is 37.3 Å². The highest BCUT2D eigenvalue weighted by atomic mass is 35.5. The Morgan fingerprint density at radius 1 is 0.862 bits per heavy atom. The molecule has 0 saturated carbocycles. The van der Waals surface area contributed by atoms with Gasteiger partial charge in [0.1, 0.15) is 0 Å². The topological polar surface area (TPSA) is 15.3 Å². The normalized spacial score (nSPS) is 17.3. The maximum absolute atomic E-state index is 13.4. The predicted octanol–water partition coefficient (Wildman–Crippen LogP) is 5.86. The van der Waals surface area contributed by atoms with Gasteiger partial charge in [-0.2, -0.15) is 39.5 Å². The van der Waals surface area contributed by atoms with Crippen LogP contribution in [0, 0.1) is 0 Å². The van der Waals surface area contributed by atoms with E-state index in [2.05, 4.69) is 5.32 Å². The minimum absolute atomic E-state index is 0. The van der Waals surface area contributed by atoms with Crippen LogP contribution in [0.1, 0.15) is 35.6 Å². The molecular formula is C16H19Cl2F9N2. The van der Waals surface area contributed by atoms with Crippen LogP contribution < -0.4 is 5.32 Å². The van der Waals surface area contributed by atoms with Gasteiger partial charge >= 0.3 is 18.5 Å². The van der Waals surface area contributed by atoms with Crippen molar-refractivity contribution in [2.45, 2.75) is 37.4 Å². The molecule has 1 aliphatic heterocycles. The Kier molecular flexibility index (Phi) is 10.1. The summed E-state index contributed by atoms with van der Waals surface area (Å²) >= 11 is 0. The first-order valence-corrected chi connectivity index (χ1v) is 8.09. The fourth-order valence-electron chi connectivity index (χ4n) is 3.10. The lowest BCUT2D eigenvalue weighted by atomic mass is 9.92. The summed E-state index contributed by atoms with van der Waals surface area (Å²) in [5.74, 6) is 0. The molecule has 1 heterocycles. The molecule has 1 fully saturated rings. The van der Waals surface area contributed by atoms with Crippen LogP contribution in [0.4, 0.5) is 39.5 Å². The van der Waals surface area contributed by atoms with Gasteiger partial charge < -0.3 is 5.32 Å². The van der Waals surface area contributed by atoms with E-state index in [1.165, 1.54) is 4.90 Å². The van der Waals surface area contributed by atoms with E-state index in [4.69, 9.17) is 0 Å². The number of hydrogen-bond donors (Lipinski definition) is 1. The van der Waals surface area contributed by atoms with Crippen LogP contribution in [-0.2, 0) is 12.4 Å². The summed E-state index contributed by atoms with van der Waals surface area (Å²) in [6.45, 7) is 1.12. The van der Waals surface area contributed by atoms with Crippen molar-refractivity contribution < 1.29 is 39.5 Å². The molecule has 0 amide bonds. The van der Waals surface area contributed by atoms with E-state index in [0.29, 0.717) is 25.2 Å². The van der Waals surface area contributed by atoms with Gasteiger partial charge in [-0.15, -0.1) is 24.8 Å². The van der Waals surface area contributed by atoms with E-state index in [0.717, 1.165) is 0 Å². The predicted molar refractivity (Wildman–Crippen MR) is 93.4 cm³/mol. The van der Waals surface area contributed by atoms with Crippen molar-refractivity contribution in [3.8, 4) is 0 Å². The molecule has 2 nitrogen and oxygen atoms in total. The minimum atomic E-state index is -5.12. The van der Waals surface area contributed by atoms with Gasteiger partial charge in [-0.05, 0) is 24.1 Å². The van der Waals surface area contributed by atoms with Gasteiger partial charge in [0, 0.05) is 38.6 Å². The first-order chi connectivity index (χ1) is 12.3. The molecule has 0 aromatic heterocycles. The molecule has 1 N–H and O–H groups in total. The summed E-state index contributed by atoms with van der Waals surface area (Å²) in [5.41, 5.74) is -3.61. The van der Waals surface area contributed by atoms with Gasteiger partial charge in [-0.25, -0.2) is 0 Å². The molecule has 170 valence electrons. The molecule has 0 unspecified atom stereocenters. The van der Waals surface area contributed by atoms with Gasteiger partial charge in [-0.1, -0.05) is 6.07 Å². The molecule has 13 heteroatoms. The van der Waals surface area contributed by atoms with Gasteiger partial charge in [0.2, 0.25) is 0 Å². The van der Waals surface area contributed by atoms with E-state index in [-0.39, 0.29) is 44.0 Å². The van der Waals surface area contributed by atoms with E-state index < -0.39 is 54.1 Å². The zero-order chi connectivity index (χ0) is 20.5. The van der Waals surface area contributed by atoms with Crippen LogP contribution in [0.2, 0.25) is 0 Å². The standard InChI is InChI=1S/C16H17F9N2.2ClH/c17-14(18,19)4-3-13(27-7-5-26-6-8-27)11-2-1-10(15(20,21)22)9-12(11)16(23,24)25;;/h1-2,9,13,26H,3-8H2;2*1H/t13-;;/m0../s1. The van der Waals surface area contributed by atoms with E-state index in [1.807, 2.05) is 0 Å². The maximum atomic E-state index is 13.4. The Labute approximate surface area is 173 Å². The van der Waals surface area contributed by atoms with Crippen LogP contribution in [0.25, 0.3) is 0 Å². The quantitative estimate of drug-likeness (QED) is 0.543. The van der Waals surface area contributed by atoms with E-state index in [1.54, 1.807) is 0 Å².